The van der Waals surface area contributed by atoms with Crippen molar-refractivity contribution >= 4 is 48.3 Å². The summed E-state index contributed by atoms with van der Waals surface area (Å²) in [6.07, 6.45) is 1.71. The van der Waals surface area contributed by atoms with Crippen LogP contribution in [0.15, 0.2) is 28.0 Å². The van der Waals surface area contributed by atoms with Crippen molar-refractivity contribution in [3.63, 3.8) is 0 Å². The maximum Gasteiger partial charge on any atom is 0.262 e. The highest BCUT2D eigenvalue weighted by Gasteiger charge is 2.17. The number of carbonyl (C=O) groups is 1. The molecule has 1 aromatic carbocycles. The van der Waals surface area contributed by atoms with Crippen LogP contribution in [-0.4, -0.2) is 19.9 Å². The third-order valence-electron chi connectivity index (χ3n) is 1.65. The van der Waals surface area contributed by atoms with Gasteiger partial charge in [0.25, 0.3) is 14.3 Å². The molecular weight excluding hydrogens is 279 g/mol. The predicted molar refractivity (Wildman–Crippen MR) is 61.4 cm³/mol. The van der Waals surface area contributed by atoms with E-state index in [0.29, 0.717) is 4.90 Å². The number of hydrogen-bond donors (Lipinski definition) is 0. The minimum Gasteiger partial charge on any atom is -0.276 e. The van der Waals surface area contributed by atoms with Crippen molar-refractivity contribution in [2.24, 2.45) is 0 Å². The van der Waals surface area contributed by atoms with Gasteiger partial charge in [-0.1, -0.05) is 0 Å². The number of carbonyl (C=O) groups excluding carboxylic acids is 1. The Labute approximate surface area is 101 Å². The summed E-state index contributed by atoms with van der Waals surface area (Å²) in [5.74, 6) is 0. The van der Waals surface area contributed by atoms with E-state index in [0.717, 1.165) is 0 Å². The van der Waals surface area contributed by atoms with Gasteiger partial charge in [-0.3, -0.25) is 4.79 Å². The average Bonchev–Trinajstić information content (AvgIpc) is 2.15. The van der Waals surface area contributed by atoms with Gasteiger partial charge in [-0.2, -0.15) is 0 Å². The van der Waals surface area contributed by atoms with Crippen LogP contribution >= 0.6 is 34.0 Å². The number of rotatable bonds is 3. The molecule has 0 fully saturated rings. The molecule has 0 saturated carbocycles. The van der Waals surface area contributed by atoms with E-state index in [-0.39, 0.29) is 10.5 Å². The fourth-order valence-corrected chi connectivity index (χ4v) is 3.25. The average molecular weight is 285 g/mol. The highest BCUT2D eigenvalue weighted by molar-refractivity contribution is 8.14. The second-order valence-electron chi connectivity index (χ2n) is 2.58. The Hall–Kier alpha value is -0.230. The van der Waals surface area contributed by atoms with Crippen molar-refractivity contribution in [2.75, 3.05) is 6.26 Å². The maximum absolute atomic E-state index is 11.2. The fraction of sp³-hybridized carbons (Fsp3) is 0.125. The van der Waals surface area contributed by atoms with E-state index in [9.17, 15) is 13.2 Å². The SMILES string of the molecule is CSc1ccc(C(=O)Cl)cc1S(=O)(=O)Cl. The fourth-order valence-electron chi connectivity index (χ4n) is 0.990. The monoisotopic (exact) mass is 284 g/mol. The molecule has 0 radical (unpaired) electrons. The first-order valence-electron chi connectivity index (χ1n) is 3.69. The second kappa shape index (κ2) is 4.74. The molecule has 0 aliphatic carbocycles. The molecule has 0 spiro atoms. The smallest absolute Gasteiger partial charge is 0.262 e. The van der Waals surface area contributed by atoms with Crippen LogP contribution in [0.3, 0.4) is 0 Å². The molecule has 0 N–H and O–H groups in total. The highest BCUT2D eigenvalue weighted by Crippen LogP contribution is 2.28. The van der Waals surface area contributed by atoms with Gasteiger partial charge in [0.1, 0.15) is 0 Å². The first kappa shape index (κ1) is 12.8. The molecule has 82 valence electrons. The molecule has 0 aromatic heterocycles. The Balaban J connectivity index is 3.46. The molecule has 7 heteroatoms. The van der Waals surface area contributed by atoms with Gasteiger partial charge in [0.05, 0.1) is 4.90 Å². The Bertz CT molecular complexity index is 497. The van der Waals surface area contributed by atoms with E-state index < -0.39 is 14.3 Å². The Morgan fingerprint density at radius 2 is 2.00 bits per heavy atom. The zero-order valence-corrected chi connectivity index (χ0v) is 10.7. The van der Waals surface area contributed by atoms with E-state index in [2.05, 4.69) is 0 Å². The molecule has 0 aliphatic heterocycles. The molecule has 0 atom stereocenters. The van der Waals surface area contributed by atoms with Crippen molar-refractivity contribution in [2.45, 2.75) is 9.79 Å². The summed E-state index contributed by atoms with van der Waals surface area (Å²) in [6.45, 7) is 0. The van der Waals surface area contributed by atoms with Gasteiger partial charge in [-0.05, 0) is 36.1 Å². The van der Waals surface area contributed by atoms with Gasteiger partial charge in [0, 0.05) is 21.1 Å². The van der Waals surface area contributed by atoms with Gasteiger partial charge in [0.15, 0.2) is 0 Å². The zero-order chi connectivity index (χ0) is 11.6. The van der Waals surface area contributed by atoms with Gasteiger partial charge < -0.3 is 0 Å². The van der Waals surface area contributed by atoms with E-state index in [1.54, 1.807) is 6.26 Å². The number of thioether (sulfide) groups is 1. The molecule has 15 heavy (non-hydrogen) atoms. The van der Waals surface area contributed by atoms with Gasteiger partial charge in [-0.25, -0.2) is 8.42 Å². The predicted octanol–water partition coefficient (Wildman–Crippen LogP) is 2.72. The minimum atomic E-state index is -3.86. The molecule has 0 amide bonds. The summed E-state index contributed by atoms with van der Waals surface area (Å²) in [5, 5.41) is -0.718. The zero-order valence-electron chi connectivity index (χ0n) is 7.53. The van der Waals surface area contributed by atoms with Crippen LogP contribution in [-0.2, 0) is 9.05 Å². The van der Waals surface area contributed by atoms with Crippen LogP contribution in [0.4, 0.5) is 0 Å². The van der Waals surface area contributed by atoms with Crippen molar-refractivity contribution in [3.05, 3.63) is 23.8 Å². The molecule has 0 aliphatic rings. The first-order valence-corrected chi connectivity index (χ1v) is 7.60. The lowest BCUT2D eigenvalue weighted by Crippen LogP contribution is -1.97. The molecule has 0 heterocycles. The largest absolute Gasteiger partial charge is 0.276 e. The van der Waals surface area contributed by atoms with Crippen molar-refractivity contribution in [1.29, 1.82) is 0 Å². The molecule has 0 bridgehead atoms. The topological polar surface area (TPSA) is 51.2 Å². The lowest BCUT2D eigenvalue weighted by atomic mass is 10.2. The Kier molecular flexibility index (Phi) is 4.06. The summed E-state index contributed by atoms with van der Waals surface area (Å²) in [5.41, 5.74) is 0.105. The van der Waals surface area contributed by atoms with E-state index in [4.69, 9.17) is 22.3 Å². The van der Waals surface area contributed by atoms with Crippen LogP contribution in [0.25, 0.3) is 0 Å². The van der Waals surface area contributed by atoms with Crippen LogP contribution in [0.5, 0.6) is 0 Å². The van der Waals surface area contributed by atoms with Crippen LogP contribution in [0.2, 0.25) is 0 Å². The summed E-state index contributed by atoms with van der Waals surface area (Å²) in [6, 6.07) is 4.12. The lowest BCUT2D eigenvalue weighted by Gasteiger charge is -2.04. The second-order valence-corrected chi connectivity index (χ2v) is 6.30. The van der Waals surface area contributed by atoms with Gasteiger partial charge in [-0.15, -0.1) is 11.8 Å². The van der Waals surface area contributed by atoms with Crippen LogP contribution in [0, 0.1) is 0 Å². The minimum absolute atomic E-state index is 0.0943. The molecule has 0 saturated heterocycles. The van der Waals surface area contributed by atoms with Crippen LogP contribution in [0.1, 0.15) is 10.4 Å². The Morgan fingerprint density at radius 1 is 1.40 bits per heavy atom. The summed E-state index contributed by atoms with van der Waals surface area (Å²) >= 11 is 6.46. The number of hydrogen-bond acceptors (Lipinski definition) is 4. The van der Waals surface area contributed by atoms with Crippen molar-refractivity contribution in [1.82, 2.24) is 0 Å². The Morgan fingerprint density at radius 3 is 2.40 bits per heavy atom. The van der Waals surface area contributed by atoms with E-state index >= 15 is 0 Å². The lowest BCUT2D eigenvalue weighted by molar-refractivity contribution is 0.108. The van der Waals surface area contributed by atoms with Crippen molar-refractivity contribution in [3.8, 4) is 0 Å². The number of benzene rings is 1. The molecule has 1 aromatic rings. The van der Waals surface area contributed by atoms with Crippen LogP contribution < -0.4 is 0 Å². The van der Waals surface area contributed by atoms with Gasteiger partial charge >= 0.3 is 0 Å². The molecule has 0 unspecified atom stereocenters. The molecular formula is C8H6Cl2O3S2. The highest BCUT2D eigenvalue weighted by atomic mass is 35.7. The maximum atomic E-state index is 11.2. The quantitative estimate of drug-likeness (QED) is 0.633. The van der Waals surface area contributed by atoms with E-state index in [1.165, 1.54) is 30.0 Å². The van der Waals surface area contributed by atoms with Gasteiger partial charge in [0.2, 0.25) is 0 Å². The van der Waals surface area contributed by atoms with Crippen molar-refractivity contribution < 1.29 is 13.2 Å². The molecule has 3 nitrogen and oxygen atoms in total. The summed E-state index contributed by atoms with van der Waals surface area (Å²) < 4.78 is 22.4. The number of halogens is 2. The molecule has 1 rings (SSSR count). The third kappa shape index (κ3) is 3.11. The first-order chi connectivity index (χ1) is 6.86. The third-order valence-corrected chi connectivity index (χ3v) is 4.16. The van der Waals surface area contributed by atoms with E-state index in [1.807, 2.05) is 0 Å². The normalized spacial score (nSPS) is 11.4. The summed E-state index contributed by atoms with van der Waals surface area (Å²) in [4.78, 5) is 11.2. The summed E-state index contributed by atoms with van der Waals surface area (Å²) in [7, 11) is 1.36. The standard InChI is InChI=1S/C8H6Cl2O3S2/c1-14-6-3-2-5(8(9)11)4-7(6)15(10,12)13/h2-4H,1H3.